The summed E-state index contributed by atoms with van der Waals surface area (Å²) in [6, 6.07) is 19.4. The predicted octanol–water partition coefficient (Wildman–Crippen LogP) is 5.23. The van der Waals surface area contributed by atoms with Gasteiger partial charge in [-0.25, -0.2) is 0 Å². The van der Waals surface area contributed by atoms with Gasteiger partial charge in [-0.15, -0.1) is 0 Å². The number of carbonyl (C=O) groups is 3. The summed E-state index contributed by atoms with van der Waals surface area (Å²) in [7, 11) is 1.58. The number of benzene rings is 3. The van der Waals surface area contributed by atoms with Crippen LogP contribution < -0.4 is 26.0 Å². The zero-order chi connectivity index (χ0) is 28.9. The van der Waals surface area contributed by atoms with E-state index < -0.39 is 6.04 Å². The van der Waals surface area contributed by atoms with Crippen molar-refractivity contribution in [3.63, 3.8) is 0 Å². The van der Waals surface area contributed by atoms with Crippen LogP contribution in [0, 0.1) is 18.8 Å². The molecular formula is C33H38N4O4. The Morgan fingerprint density at radius 2 is 1.71 bits per heavy atom. The molecule has 4 N–H and O–H groups in total. The van der Waals surface area contributed by atoms with Crippen LogP contribution in [-0.2, 0) is 4.79 Å². The van der Waals surface area contributed by atoms with E-state index in [9.17, 15) is 14.4 Å². The average molecular weight is 555 g/mol. The van der Waals surface area contributed by atoms with Crippen LogP contribution in [0.3, 0.4) is 0 Å². The van der Waals surface area contributed by atoms with Crippen molar-refractivity contribution in [2.75, 3.05) is 30.4 Å². The summed E-state index contributed by atoms with van der Waals surface area (Å²) < 4.78 is 5.27. The van der Waals surface area contributed by atoms with E-state index in [2.05, 4.69) is 10.6 Å². The van der Waals surface area contributed by atoms with Gasteiger partial charge in [-0.1, -0.05) is 36.2 Å². The lowest BCUT2D eigenvalue weighted by Gasteiger charge is -2.31. The second-order valence-corrected chi connectivity index (χ2v) is 11.2. The van der Waals surface area contributed by atoms with E-state index in [-0.39, 0.29) is 24.1 Å². The first-order valence-electron chi connectivity index (χ1n) is 14.3. The number of nitrogens with two attached hydrogens (primary N) is 1. The quantitative estimate of drug-likeness (QED) is 0.370. The number of amides is 3. The van der Waals surface area contributed by atoms with Crippen molar-refractivity contribution < 1.29 is 19.1 Å². The molecule has 1 saturated carbocycles. The van der Waals surface area contributed by atoms with Crippen molar-refractivity contribution in [2.45, 2.75) is 45.1 Å². The number of nitrogens with zero attached hydrogens (tertiary/aromatic N) is 1. The number of ether oxygens (including phenoxy) is 1. The van der Waals surface area contributed by atoms with E-state index in [4.69, 9.17) is 10.5 Å². The molecule has 3 unspecified atom stereocenters. The molecule has 8 nitrogen and oxygen atoms in total. The molecule has 1 fully saturated rings. The Morgan fingerprint density at radius 3 is 2.41 bits per heavy atom. The fourth-order valence-corrected chi connectivity index (χ4v) is 5.94. The fourth-order valence-electron chi connectivity index (χ4n) is 5.94. The summed E-state index contributed by atoms with van der Waals surface area (Å²) in [5.41, 5.74) is 9.69. The first-order valence-corrected chi connectivity index (χ1v) is 14.3. The summed E-state index contributed by atoms with van der Waals surface area (Å²) in [4.78, 5) is 42.1. The van der Waals surface area contributed by atoms with Crippen LogP contribution >= 0.6 is 0 Å². The second-order valence-electron chi connectivity index (χ2n) is 11.2. The number of rotatable bonds is 7. The highest BCUT2D eigenvalue weighted by Gasteiger charge is 2.34. The molecule has 3 aromatic carbocycles. The monoisotopic (exact) mass is 554 g/mol. The largest absolute Gasteiger partial charge is 0.497 e. The molecule has 3 atom stereocenters. The standard InChI is InChI=1S/C33H38N4O4/c1-21-6-8-24(9-7-21)30-18-31(38)36-28-17-26(32(39)35-20-23-5-3-4-22(16-23)19-34)12-15-29(28)37(30)33(40)25-10-13-27(41-2)14-11-25/h6-15,17,22-23,30H,3-5,16,18-20,34H2,1-2H3,(H,35,39)(H,36,38). The van der Waals surface area contributed by atoms with Gasteiger partial charge in [0, 0.05) is 17.7 Å². The maximum Gasteiger partial charge on any atom is 0.258 e. The number of hydrogen-bond acceptors (Lipinski definition) is 5. The minimum absolute atomic E-state index is 0.0746. The van der Waals surface area contributed by atoms with Gasteiger partial charge in [0.25, 0.3) is 11.8 Å². The minimum Gasteiger partial charge on any atom is -0.497 e. The van der Waals surface area contributed by atoms with E-state index in [1.54, 1.807) is 54.5 Å². The third kappa shape index (κ3) is 6.43. The van der Waals surface area contributed by atoms with E-state index in [1.165, 1.54) is 0 Å². The highest BCUT2D eigenvalue weighted by molar-refractivity contribution is 6.12. The lowest BCUT2D eigenvalue weighted by molar-refractivity contribution is -0.116. The van der Waals surface area contributed by atoms with E-state index in [0.717, 1.165) is 36.8 Å². The summed E-state index contributed by atoms with van der Waals surface area (Å²) >= 11 is 0. The van der Waals surface area contributed by atoms with Crippen LogP contribution in [0.4, 0.5) is 11.4 Å². The molecule has 5 rings (SSSR count). The molecule has 1 aliphatic carbocycles. The fraction of sp³-hybridized carbons (Fsp3) is 0.364. The molecule has 3 amide bonds. The number of anilines is 2. The Bertz CT molecular complexity index is 1400. The molecule has 0 radical (unpaired) electrons. The molecule has 1 aliphatic heterocycles. The predicted molar refractivity (Wildman–Crippen MR) is 160 cm³/mol. The topological polar surface area (TPSA) is 114 Å². The van der Waals surface area contributed by atoms with Gasteiger partial charge in [0.2, 0.25) is 5.91 Å². The molecule has 214 valence electrons. The van der Waals surface area contributed by atoms with Crippen LogP contribution in [0.2, 0.25) is 0 Å². The molecule has 3 aromatic rings. The second kappa shape index (κ2) is 12.6. The van der Waals surface area contributed by atoms with Crippen molar-refractivity contribution >= 4 is 29.1 Å². The van der Waals surface area contributed by atoms with Crippen LogP contribution in [0.15, 0.2) is 66.7 Å². The van der Waals surface area contributed by atoms with Gasteiger partial charge >= 0.3 is 0 Å². The summed E-state index contributed by atoms with van der Waals surface area (Å²) in [6.07, 6.45) is 4.47. The normalized spacial score (nSPS) is 20.4. The molecule has 1 heterocycles. The molecule has 0 spiro atoms. The van der Waals surface area contributed by atoms with Gasteiger partial charge in [-0.2, -0.15) is 0 Å². The smallest absolute Gasteiger partial charge is 0.258 e. The van der Waals surface area contributed by atoms with E-state index >= 15 is 0 Å². The van der Waals surface area contributed by atoms with Crippen molar-refractivity contribution in [3.8, 4) is 5.75 Å². The number of carbonyl (C=O) groups excluding carboxylic acids is 3. The van der Waals surface area contributed by atoms with Crippen molar-refractivity contribution in [1.29, 1.82) is 0 Å². The van der Waals surface area contributed by atoms with Gasteiger partial charge in [-0.3, -0.25) is 19.3 Å². The molecule has 0 bridgehead atoms. The molecular weight excluding hydrogens is 516 g/mol. The molecule has 0 aromatic heterocycles. The SMILES string of the molecule is COc1ccc(C(=O)N2c3ccc(C(=O)NCC4CCCC(CN)C4)cc3NC(=O)CC2c2ccc(C)cc2)cc1. The lowest BCUT2D eigenvalue weighted by atomic mass is 9.81. The number of aryl methyl sites for hydroxylation is 1. The highest BCUT2D eigenvalue weighted by Crippen LogP contribution is 2.40. The third-order valence-electron chi connectivity index (χ3n) is 8.28. The average Bonchev–Trinajstić information content (AvgIpc) is 3.15. The van der Waals surface area contributed by atoms with E-state index in [0.29, 0.717) is 53.2 Å². The van der Waals surface area contributed by atoms with Gasteiger partial charge in [-0.05, 0) is 92.6 Å². The highest BCUT2D eigenvalue weighted by atomic mass is 16.5. The van der Waals surface area contributed by atoms with Crippen LogP contribution in [0.5, 0.6) is 5.75 Å². The Hall–Kier alpha value is -4.17. The minimum atomic E-state index is -0.534. The summed E-state index contributed by atoms with van der Waals surface area (Å²) in [5.74, 6) is 0.893. The molecule has 2 aliphatic rings. The van der Waals surface area contributed by atoms with Gasteiger partial charge in [0.15, 0.2) is 0 Å². The Labute approximate surface area is 241 Å². The molecule has 8 heteroatoms. The van der Waals surface area contributed by atoms with Crippen molar-refractivity contribution in [2.24, 2.45) is 17.6 Å². The summed E-state index contributed by atoms with van der Waals surface area (Å²) in [5, 5.41) is 6.03. The summed E-state index contributed by atoms with van der Waals surface area (Å²) in [6.45, 7) is 3.28. The van der Waals surface area contributed by atoms with Crippen LogP contribution in [0.1, 0.15) is 70.0 Å². The third-order valence-corrected chi connectivity index (χ3v) is 8.28. The maximum atomic E-state index is 14.1. The number of nitrogens with one attached hydrogen (secondary N) is 2. The number of fused-ring (bicyclic) bond motifs is 1. The zero-order valence-electron chi connectivity index (χ0n) is 23.7. The first kappa shape index (κ1) is 28.4. The van der Waals surface area contributed by atoms with Crippen LogP contribution in [0.25, 0.3) is 0 Å². The maximum absolute atomic E-state index is 14.1. The molecule has 41 heavy (non-hydrogen) atoms. The lowest BCUT2D eigenvalue weighted by Crippen LogP contribution is -2.35. The van der Waals surface area contributed by atoms with Crippen molar-refractivity contribution in [3.05, 3.63) is 89.0 Å². The number of hydrogen-bond donors (Lipinski definition) is 3. The van der Waals surface area contributed by atoms with Gasteiger partial charge in [0.1, 0.15) is 5.75 Å². The van der Waals surface area contributed by atoms with Gasteiger partial charge < -0.3 is 21.1 Å². The zero-order valence-corrected chi connectivity index (χ0v) is 23.7. The van der Waals surface area contributed by atoms with E-state index in [1.807, 2.05) is 31.2 Å². The Morgan fingerprint density at radius 1 is 1.00 bits per heavy atom. The molecule has 0 saturated heterocycles. The first-order chi connectivity index (χ1) is 19.9. The van der Waals surface area contributed by atoms with Crippen molar-refractivity contribution in [1.82, 2.24) is 5.32 Å². The van der Waals surface area contributed by atoms with Gasteiger partial charge in [0.05, 0.1) is 30.9 Å². The van der Waals surface area contributed by atoms with Crippen LogP contribution in [-0.4, -0.2) is 37.9 Å². The Balaban J connectivity index is 1.46. The Kier molecular flexibility index (Phi) is 8.69. The number of methoxy groups -OCH3 is 1.